The fourth-order valence-electron chi connectivity index (χ4n) is 3.27. The Labute approximate surface area is 199 Å². The third kappa shape index (κ3) is 7.74. The van der Waals surface area contributed by atoms with Crippen molar-refractivity contribution in [3.63, 3.8) is 0 Å². The molecule has 3 nitrogen and oxygen atoms in total. The van der Waals surface area contributed by atoms with E-state index in [2.05, 4.69) is 18.8 Å². The predicted molar refractivity (Wildman–Crippen MR) is 129 cm³/mol. The SMILES string of the molecule is CCCCCCCCOc1ccc(C#Cc2ccc(C(=O)Oc3c(F)cccc3F)cc2)cc1. The number of unbranched alkanes of at least 4 members (excludes halogenated alkanes) is 5. The molecule has 0 saturated carbocycles. The normalized spacial score (nSPS) is 10.3. The summed E-state index contributed by atoms with van der Waals surface area (Å²) in [6.45, 7) is 2.93. The molecule has 0 unspecified atom stereocenters. The molecule has 0 aromatic heterocycles. The molecule has 5 heteroatoms. The monoisotopic (exact) mass is 462 g/mol. The molecule has 0 heterocycles. The van der Waals surface area contributed by atoms with Crippen LogP contribution in [0.4, 0.5) is 8.78 Å². The van der Waals surface area contributed by atoms with Gasteiger partial charge in [0.25, 0.3) is 0 Å². The Kier molecular flexibility index (Phi) is 9.66. The first-order valence-electron chi connectivity index (χ1n) is 11.6. The van der Waals surface area contributed by atoms with Crippen LogP contribution >= 0.6 is 0 Å². The summed E-state index contributed by atoms with van der Waals surface area (Å²) in [5, 5.41) is 0. The van der Waals surface area contributed by atoms with Crippen molar-refractivity contribution in [1.29, 1.82) is 0 Å². The lowest BCUT2D eigenvalue weighted by Crippen LogP contribution is -2.10. The van der Waals surface area contributed by atoms with Crippen molar-refractivity contribution in [1.82, 2.24) is 0 Å². The van der Waals surface area contributed by atoms with Gasteiger partial charge in [-0.2, -0.15) is 0 Å². The van der Waals surface area contributed by atoms with Gasteiger partial charge in [0, 0.05) is 11.1 Å². The van der Waals surface area contributed by atoms with Gasteiger partial charge in [0.05, 0.1) is 12.2 Å². The Bertz CT molecular complexity index is 1110. The van der Waals surface area contributed by atoms with Gasteiger partial charge in [-0.15, -0.1) is 0 Å². The van der Waals surface area contributed by atoms with Gasteiger partial charge >= 0.3 is 5.97 Å². The summed E-state index contributed by atoms with van der Waals surface area (Å²) < 4.78 is 38.0. The molecule has 3 aromatic rings. The van der Waals surface area contributed by atoms with Crippen LogP contribution in [0.2, 0.25) is 0 Å². The number of esters is 1. The first kappa shape index (κ1) is 25.0. The predicted octanol–water partition coefficient (Wildman–Crippen LogP) is 7.32. The molecule has 0 fully saturated rings. The number of rotatable bonds is 10. The van der Waals surface area contributed by atoms with Crippen molar-refractivity contribution in [3.8, 4) is 23.3 Å². The molecule has 176 valence electrons. The number of hydrogen-bond acceptors (Lipinski definition) is 3. The highest BCUT2D eigenvalue weighted by atomic mass is 19.1. The van der Waals surface area contributed by atoms with Crippen molar-refractivity contribution in [2.45, 2.75) is 45.4 Å². The van der Waals surface area contributed by atoms with E-state index in [0.717, 1.165) is 36.5 Å². The second kappa shape index (κ2) is 13.2. The Hall–Kier alpha value is -3.65. The van der Waals surface area contributed by atoms with Crippen LogP contribution in [0.5, 0.6) is 11.5 Å². The molecular formula is C29H28F2O3. The second-order valence-electron chi connectivity index (χ2n) is 7.91. The molecule has 0 amide bonds. The number of carbonyl (C=O) groups is 1. The second-order valence-corrected chi connectivity index (χ2v) is 7.91. The van der Waals surface area contributed by atoms with Crippen molar-refractivity contribution in [3.05, 3.63) is 95.1 Å². The van der Waals surface area contributed by atoms with Crippen molar-refractivity contribution in [2.75, 3.05) is 6.61 Å². The molecule has 0 aliphatic heterocycles. The largest absolute Gasteiger partial charge is 0.494 e. The lowest BCUT2D eigenvalue weighted by atomic mass is 10.1. The quantitative estimate of drug-likeness (QED) is 0.137. The summed E-state index contributed by atoms with van der Waals surface area (Å²) in [4.78, 5) is 12.2. The van der Waals surface area contributed by atoms with Crippen LogP contribution in [0, 0.1) is 23.5 Å². The van der Waals surface area contributed by atoms with Crippen LogP contribution in [0.1, 0.15) is 66.9 Å². The Morgan fingerprint density at radius 3 is 1.94 bits per heavy atom. The number of para-hydroxylation sites is 1. The summed E-state index contributed by atoms with van der Waals surface area (Å²) in [7, 11) is 0. The lowest BCUT2D eigenvalue weighted by molar-refractivity contribution is 0.0720. The molecular weight excluding hydrogens is 434 g/mol. The van der Waals surface area contributed by atoms with E-state index in [1.54, 1.807) is 12.1 Å². The molecule has 3 aromatic carbocycles. The summed E-state index contributed by atoms with van der Waals surface area (Å²) in [5.41, 5.74) is 1.70. The van der Waals surface area contributed by atoms with E-state index in [9.17, 15) is 13.6 Å². The molecule has 34 heavy (non-hydrogen) atoms. The molecule has 0 aliphatic rings. The van der Waals surface area contributed by atoms with E-state index in [4.69, 9.17) is 9.47 Å². The van der Waals surface area contributed by atoms with Gasteiger partial charge in [-0.1, -0.05) is 56.9 Å². The van der Waals surface area contributed by atoms with Gasteiger partial charge in [0.15, 0.2) is 11.6 Å². The van der Waals surface area contributed by atoms with E-state index >= 15 is 0 Å². The van der Waals surface area contributed by atoms with Gasteiger partial charge in [0.1, 0.15) is 5.75 Å². The van der Waals surface area contributed by atoms with Gasteiger partial charge in [-0.3, -0.25) is 0 Å². The highest BCUT2D eigenvalue weighted by Gasteiger charge is 2.15. The molecule has 0 spiro atoms. The Morgan fingerprint density at radius 1 is 0.765 bits per heavy atom. The maximum Gasteiger partial charge on any atom is 0.343 e. The van der Waals surface area contributed by atoms with Gasteiger partial charge in [0.2, 0.25) is 5.75 Å². The number of halogens is 2. The third-order valence-electron chi connectivity index (χ3n) is 5.21. The number of carbonyl (C=O) groups excluding carboxylic acids is 1. The molecule has 0 aliphatic carbocycles. The van der Waals surface area contributed by atoms with Gasteiger partial charge in [-0.05, 0) is 67.1 Å². The number of ether oxygens (including phenoxy) is 2. The van der Waals surface area contributed by atoms with Crippen LogP contribution < -0.4 is 9.47 Å². The van der Waals surface area contributed by atoms with Gasteiger partial charge < -0.3 is 9.47 Å². The van der Waals surface area contributed by atoms with E-state index < -0.39 is 23.4 Å². The fraction of sp³-hybridized carbons (Fsp3) is 0.276. The highest BCUT2D eigenvalue weighted by Crippen LogP contribution is 2.22. The van der Waals surface area contributed by atoms with Crippen LogP contribution in [0.15, 0.2) is 66.7 Å². The third-order valence-corrected chi connectivity index (χ3v) is 5.21. The van der Waals surface area contributed by atoms with Crippen LogP contribution in [-0.4, -0.2) is 12.6 Å². The van der Waals surface area contributed by atoms with Crippen molar-refractivity contribution in [2.24, 2.45) is 0 Å². The van der Waals surface area contributed by atoms with E-state index in [-0.39, 0.29) is 5.56 Å². The zero-order valence-electron chi connectivity index (χ0n) is 19.3. The summed E-state index contributed by atoms with van der Waals surface area (Å²) in [6, 6.07) is 17.2. The molecule has 0 saturated heterocycles. The molecule has 0 radical (unpaired) electrons. The van der Waals surface area contributed by atoms with Crippen molar-refractivity contribution >= 4 is 5.97 Å². The van der Waals surface area contributed by atoms with Gasteiger partial charge in [-0.25, -0.2) is 13.6 Å². The van der Waals surface area contributed by atoms with Crippen LogP contribution in [0.3, 0.4) is 0 Å². The Balaban J connectivity index is 1.50. The zero-order chi connectivity index (χ0) is 24.2. The maximum absolute atomic E-state index is 13.7. The van der Waals surface area contributed by atoms with Crippen LogP contribution in [-0.2, 0) is 0 Å². The average molecular weight is 463 g/mol. The molecule has 3 rings (SSSR count). The van der Waals surface area contributed by atoms with Crippen LogP contribution in [0.25, 0.3) is 0 Å². The summed E-state index contributed by atoms with van der Waals surface area (Å²) in [5.74, 6) is 3.49. The highest BCUT2D eigenvalue weighted by molar-refractivity contribution is 5.91. The average Bonchev–Trinajstić information content (AvgIpc) is 2.85. The minimum absolute atomic E-state index is 0.167. The van der Waals surface area contributed by atoms with E-state index in [1.807, 2.05) is 24.3 Å². The Morgan fingerprint density at radius 2 is 1.32 bits per heavy atom. The summed E-state index contributed by atoms with van der Waals surface area (Å²) >= 11 is 0. The summed E-state index contributed by atoms with van der Waals surface area (Å²) in [6.07, 6.45) is 7.37. The van der Waals surface area contributed by atoms with Crippen molar-refractivity contribution < 1.29 is 23.0 Å². The minimum atomic E-state index is -0.935. The molecule has 0 N–H and O–H groups in total. The minimum Gasteiger partial charge on any atom is -0.494 e. The lowest BCUT2D eigenvalue weighted by Gasteiger charge is -2.06. The zero-order valence-corrected chi connectivity index (χ0v) is 19.3. The van der Waals surface area contributed by atoms with E-state index in [0.29, 0.717) is 5.56 Å². The molecule has 0 atom stereocenters. The maximum atomic E-state index is 13.7. The first-order chi connectivity index (χ1) is 16.6. The van der Waals surface area contributed by atoms with E-state index in [1.165, 1.54) is 50.3 Å². The molecule has 0 bridgehead atoms. The topological polar surface area (TPSA) is 35.5 Å². The standard InChI is InChI=1S/C29H28F2O3/c1-2-3-4-5-6-7-21-33-25-19-15-23(16-20-25)12-11-22-13-17-24(18-14-22)29(32)34-28-26(30)9-8-10-27(28)31/h8-10,13-20H,2-7,21H2,1H3. The smallest absolute Gasteiger partial charge is 0.343 e. The number of benzene rings is 3. The number of hydrogen-bond donors (Lipinski definition) is 0. The first-order valence-corrected chi connectivity index (χ1v) is 11.6. The fourth-order valence-corrected chi connectivity index (χ4v) is 3.27.